The van der Waals surface area contributed by atoms with Crippen molar-refractivity contribution in [2.75, 3.05) is 11.4 Å². The summed E-state index contributed by atoms with van der Waals surface area (Å²) in [6.45, 7) is 5.01. The highest BCUT2D eigenvalue weighted by Crippen LogP contribution is 2.35. The van der Waals surface area contributed by atoms with E-state index in [-0.39, 0.29) is 11.2 Å². The number of aromatic nitrogens is 1. The number of nitrogens with zero attached hydrogens (tertiary/aromatic N) is 3. The van der Waals surface area contributed by atoms with Gasteiger partial charge >= 0.3 is 0 Å². The van der Waals surface area contributed by atoms with Crippen molar-refractivity contribution < 1.29 is 4.79 Å². The summed E-state index contributed by atoms with van der Waals surface area (Å²) in [5, 5.41) is 10.1. The van der Waals surface area contributed by atoms with Crippen molar-refractivity contribution in [1.29, 1.82) is 5.26 Å². The highest BCUT2D eigenvalue weighted by atomic mass is 32.2. The van der Waals surface area contributed by atoms with E-state index in [2.05, 4.69) is 19.1 Å². The van der Waals surface area contributed by atoms with Crippen LogP contribution in [-0.4, -0.2) is 22.7 Å². The van der Waals surface area contributed by atoms with Crippen LogP contribution in [0.15, 0.2) is 35.4 Å². The molecule has 0 bridgehead atoms. The summed E-state index contributed by atoms with van der Waals surface area (Å²) in [4.78, 5) is 20.0. The first-order valence-corrected chi connectivity index (χ1v) is 11.0. The lowest BCUT2D eigenvalue weighted by atomic mass is 9.87. The number of aryl methyl sites for hydroxylation is 1. The third-order valence-electron chi connectivity index (χ3n) is 5.77. The van der Waals surface area contributed by atoms with Crippen LogP contribution in [0, 0.1) is 17.2 Å². The molecule has 0 saturated carbocycles. The molecule has 4 nitrogen and oxygen atoms in total. The number of rotatable bonds is 4. The molecule has 2 heterocycles. The lowest BCUT2D eigenvalue weighted by molar-refractivity contribution is -0.118. The molecule has 5 heteroatoms. The Bertz CT molecular complexity index is 949. The molecular formula is C23H25N3OS. The molecule has 0 N–H and O–H groups in total. The number of pyridine rings is 1. The Balaban J connectivity index is 1.59. The molecule has 1 aromatic carbocycles. The molecule has 0 radical (unpaired) electrons. The third-order valence-corrected chi connectivity index (χ3v) is 7.13. The number of carbonyl (C=O) groups excluding carboxylic acids is 1. The smallest absolute Gasteiger partial charge is 0.240 e. The number of nitriles is 1. The van der Waals surface area contributed by atoms with Crippen LogP contribution in [0.1, 0.15) is 49.1 Å². The monoisotopic (exact) mass is 391 g/mol. The van der Waals surface area contributed by atoms with Gasteiger partial charge in [-0.15, -0.1) is 0 Å². The molecule has 2 atom stereocenters. The predicted octanol–water partition coefficient (Wildman–Crippen LogP) is 4.54. The summed E-state index contributed by atoms with van der Waals surface area (Å²) in [5.41, 5.74) is 5.17. The van der Waals surface area contributed by atoms with Crippen molar-refractivity contribution in [3.63, 3.8) is 0 Å². The summed E-state index contributed by atoms with van der Waals surface area (Å²) in [5.74, 6) is 0.758. The van der Waals surface area contributed by atoms with Crippen molar-refractivity contribution in [2.24, 2.45) is 5.92 Å². The average Bonchev–Trinajstić information content (AvgIpc) is 3.15. The fourth-order valence-electron chi connectivity index (χ4n) is 4.18. The maximum absolute atomic E-state index is 13.3. The second kappa shape index (κ2) is 7.97. The van der Waals surface area contributed by atoms with E-state index in [1.54, 1.807) is 0 Å². The van der Waals surface area contributed by atoms with Crippen molar-refractivity contribution in [1.82, 2.24) is 4.98 Å². The maximum Gasteiger partial charge on any atom is 0.240 e. The molecule has 1 amide bonds. The maximum atomic E-state index is 13.3. The van der Waals surface area contributed by atoms with Crippen LogP contribution in [0.2, 0.25) is 0 Å². The Morgan fingerprint density at radius 1 is 1.36 bits per heavy atom. The number of carbonyl (C=O) groups is 1. The van der Waals surface area contributed by atoms with Crippen molar-refractivity contribution in [3.8, 4) is 6.07 Å². The van der Waals surface area contributed by atoms with E-state index in [9.17, 15) is 10.1 Å². The number of benzene rings is 1. The molecule has 2 aromatic rings. The number of anilines is 1. The second-order valence-corrected chi connectivity index (χ2v) is 8.98. The number of para-hydroxylation sites is 1. The number of thioether (sulfide) groups is 1. The van der Waals surface area contributed by atoms with Gasteiger partial charge in [0.05, 0.1) is 10.8 Å². The molecule has 4 rings (SSSR count). The molecule has 1 aromatic heterocycles. The van der Waals surface area contributed by atoms with Gasteiger partial charge in [-0.05, 0) is 61.3 Å². The topological polar surface area (TPSA) is 57.0 Å². The quantitative estimate of drug-likeness (QED) is 0.718. The number of hydrogen-bond acceptors (Lipinski definition) is 4. The van der Waals surface area contributed by atoms with Gasteiger partial charge in [0.25, 0.3) is 0 Å². The van der Waals surface area contributed by atoms with Crippen LogP contribution in [-0.2, 0) is 24.1 Å². The highest BCUT2D eigenvalue weighted by Gasteiger charge is 2.31. The first-order chi connectivity index (χ1) is 13.6. The van der Waals surface area contributed by atoms with E-state index in [0.29, 0.717) is 22.9 Å². The van der Waals surface area contributed by atoms with Crippen LogP contribution in [0.4, 0.5) is 5.69 Å². The fourth-order valence-corrected chi connectivity index (χ4v) is 5.24. The van der Waals surface area contributed by atoms with Crippen LogP contribution in [0.5, 0.6) is 0 Å². The summed E-state index contributed by atoms with van der Waals surface area (Å²) in [7, 11) is 0. The van der Waals surface area contributed by atoms with Gasteiger partial charge in [0, 0.05) is 17.9 Å². The second-order valence-electron chi connectivity index (χ2n) is 7.79. The first-order valence-electron chi connectivity index (χ1n) is 10.1. The summed E-state index contributed by atoms with van der Waals surface area (Å²) < 4.78 is 0. The van der Waals surface area contributed by atoms with E-state index in [0.717, 1.165) is 43.6 Å². The summed E-state index contributed by atoms with van der Waals surface area (Å²) in [6.07, 6.45) is 4.70. The number of fused-ring (bicyclic) bond motifs is 2. The molecule has 2 aliphatic rings. The third kappa shape index (κ3) is 3.54. The molecule has 1 aliphatic heterocycles. The Morgan fingerprint density at radius 3 is 2.96 bits per heavy atom. The van der Waals surface area contributed by atoms with Crippen LogP contribution in [0.25, 0.3) is 0 Å². The zero-order valence-electron chi connectivity index (χ0n) is 16.4. The average molecular weight is 392 g/mol. The van der Waals surface area contributed by atoms with Crippen LogP contribution in [0.3, 0.4) is 0 Å². The van der Waals surface area contributed by atoms with E-state index < -0.39 is 0 Å². The first kappa shape index (κ1) is 19.0. The van der Waals surface area contributed by atoms with Gasteiger partial charge in [-0.2, -0.15) is 5.26 Å². The minimum atomic E-state index is -0.230. The van der Waals surface area contributed by atoms with E-state index >= 15 is 0 Å². The zero-order chi connectivity index (χ0) is 19.7. The van der Waals surface area contributed by atoms with Crippen molar-refractivity contribution >= 4 is 23.4 Å². The SMILES string of the molecule is CCC(Sc1nc2c(cc1C#N)CC(C)CC2)C(=O)N1CCc2ccccc21. The van der Waals surface area contributed by atoms with E-state index in [1.807, 2.05) is 36.1 Å². The standard InChI is InChI=1S/C23H25N3OS/c1-3-21(23(27)26-11-10-16-6-4-5-7-20(16)26)28-22-18(14-24)13-17-12-15(2)8-9-19(17)25-22/h4-7,13,15,21H,3,8-12H2,1-2H3. The van der Waals surface area contributed by atoms with Gasteiger partial charge in [0.1, 0.15) is 11.1 Å². The molecule has 144 valence electrons. The number of hydrogen-bond donors (Lipinski definition) is 0. The largest absolute Gasteiger partial charge is 0.311 e. The molecule has 0 fully saturated rings. The molecular weight excluding hydrogens is 366 g/mol. The number of amides is 1. The lowest BCUT2D eigenvalue weighted by Crippen LogP contribution is -2.36. The molecule has 0 spiro atoms. The van der Waals surface area contributed by atoms with Gasteiger partial charge < -0.3 is 4.90 Å². The van der Waals surface area contributed by atoms with Gasteiger partial charge in [-0.1, -0.05) is 43.8 Å². The zero-order valence-corrected chi connectivity index (χ0v) is 17.3. The predicted molar refractivity (Wildman–Crippen MR) is 113 cm³/mol. The van der Waals surface area contributed by atoms with E-state index in [1.165, 1.54) is 22.9 Å². The Kier molecular flexibility index (Phi) is 5.41. The van der Waals surface area contributed by atoms with Gasteiger partial charge in [-0.3, -0.25) is 4.79 Å². The molecule has 28 heavy (non-hydrogen) atoms. The van der Waals surface area contributed by atoms with Gasteiger partial charge in [-0.25, -0.2) is 4.98 Å². The minimum absolute atomic E-state index is 0.120. The minimum Gasteiger partial charge on any atom is -0.311 e. The Hall–Kier alpha value is -2.32. The lowest BCUT2D eigenvalue weighted by Gasteiger charge is -2.24. The molecule has 1 aliphatic carbocycles. The highest BCUT2D eigenvalue weighted by molar-refractivity contribution is 8.00. The van der Waals surface area contributed by atoms with Crippen molar-refractivity contribution in [3.05, 3.63) is 52.7 Å². The Morgan fingerprint density at radius 2 is 2.18 bits per heavy atom. The normalized spacial score (nSPS) is 18.9. The van der Waals surface area contributed by atoms with Gasteiger partial charge in [0.2, 0.25) is 5.91 Å². The Labute approximate surface area is 171 Å². The summed E-state index contributed by atoms with van der Waals surface area (Å²) in [6, 6.07) is 12.4. The van der Waals surface area contributed by atoms with Crippen LogP contribution >= 0.6 is 11.8 Å². The summed E-state index contributed by atoms with van der Waals surface area (Å²) >= 11 is 1.46. The van der Waals surface area contributed by atoms with Crippen LogP contribution < -0.4 is 4.90 Å². The molecule has 0 saturated heterocycles. The van der Waals surface area contributed by atoms with Crippen molar-refractivity contribution in [2.45, 2.75) is 56.2 Å². The van der Waals surface area contributed by atoms with E-state index in [4.69, 9.17) is 4.98 Å². The molecule has 2 unspecified atom stereocenters. The fraction of sp³-hybridized carbons (Fsp3) is 0.435. The van der Waals surface area contributed by atoms with Gasteiger partial charge in [0.15, 0.2) is 0 Å².